The van der Waals surface area contributed by atoms with Crippen LogP contribution in [0, 0.1) is 11.8 Å². The number of rotatable bonds is 4. The number of hydrogen-bond acceptors (Lipinski definition) is 3. The molecule has 1 aliphatic rings. The SMILES string of the molecule is CCCC(=O)NCC#Cc1ccc(N2CCOC2=O)cc1. The molecule has 0 aromatic heterocycles. The molecule has 0 radical (unpaired) electrons. The van der Waals surface area contributed by atoms with Gasteiger partial charge in [0.15, 0.2) is 0 Å². The molecule has 1 aliphatic heterocycles. The van der Waals surface area contributed by atoms with Crippen molar-refractivity contribution in [1.29, 1.82) is 0 Å². The van der Waals surface area contributed by atoms with Crippen molar-refractivity contribution < 1.29 is 14.3 Å². The first-order valence-electron chi connectivity index (χ1n) is 7.00. The number of benzene rings is 1. The van der Waals surface area contributed by atoms with E-state index in [1.54, 1.807) is 4.90 Å². The summed E-state index contributed by atoms with van der Waals surface area (Å²) in [7, 11) is 0. The Bertz CT molecular complexity index is 569. The highest BCUT2D eigenvalue weighted by Gasteiger charge is 2.22. The van der Waals surface area contributed by atoms with Crippen molar-refractivity contribution in [1.82, 2.24) is 5.32 Å². The first-order chi connectivity index (χ1) is 10.2. The van der Waals surface area contributed by atoms with Crippen molar-refractivity contribution in [2.24, 2.45) is 0 Å². The zero-order chi connectivity index (χ0) is 15.1. The van der Waals surface area contributed by atoms with Crippen LogP contribution < -0.4 is 10.2 Å². The maximum Gasteiger partial charge on any atom is 0.414 e. The highest BCUT2D eigenvalue weighted by molar-refractivity contribution is 5.89. The molecule has 1 heterocycles. The molecular weight excluding hydrogens is 268 g/mol. The van der Waals surface area contributed by atoms with Crippen LogP contribution in [0.15, 0.2) is 24.3 Å². The summed E-state index contributed by atoms with van der Waals surface area (Å²) in [6.07, 6.45) is 1.05. The Morgan fingerprint density at radius 1 is 1.38 bits per heavy atom. The quantitative estimate of drug-likeness (QED) is 0.860. The second-order valence-corrected chi connectivity index (χ2v) is 4.64. The van der Waals surface area contributed by atoms with Gasteiger partial charge in [-0.25, -0.2) is 4.79 Å². The number of ether oxygens (including phenoxy) is 1. The number of nitrogens with one attached hydrogen (secondary N) is 1. The Kier molecular flexibility index (Phi) is 5.22. The molecule has 1 saturated heterocycles. The van der Waals surface area contributed by atoms with Crippen LogP contribution in [0.3, 0.4) is 0 Å². The number of amides is 2. The zero-order valence-electron chi connectivity index (χ0n) is 12.0. The predicted octanol–water partition coefficient (Wildman–Crippen LogP) is 1.91. The van der Waals surface area contributed by atoms with Crippen molar-refractivity contribution in [3.63, 3.8) is 0 Å². The van der Waals surface area contributed by atoms with E-state index in [1.807, 2.05) is 31.2 Å². The second-order valence-electron chi connectivity index (χ2n) is 4.64. The molecule has 21 heavy (non-hydrogen) atoms. The standard InChI is InChI=1S/C16H18N2O3/c1-2-4-15(19)17-10-3-5-13-6-8-14(9-7-13)18-11-12-21-16(18)20/h6-9H,2,4,10-12H2,1H3,(H,17,19). The molecule has 0 atom stereocenters. The average Bonchev–Trinajstić information content (AvgIpc) is 2.91. The summed E-state index contributed by atoms with van der Waals surface area (Å²) in [6, 6.07) is 7.38. The van der Waals surface area contributed by atoms with E-state index in [1.165, 1.54) is 0 Å². The van der Waals surface area contributed by atoms with Gasteiger partial charge in [-0.3, -0.25) is 9.69 Å². The van der Waals surface area contributed by atoms with Crippen LogP contribution in [0.2, 0.25) is 0 Å². The number of anilines is 1. The van der Waals surface area contributed by atoms with Gasteiger partial charge in [0.05, 0.1) is 13.1 Å². The fraction of sp³-hybridized carbons (Fsp3) is 0.375. The Labute approximate surface area is 124 Å². The lowest BCUT2D eigenvalue weighted by Crippen LogP contribution is -2.23. The lowest BCUT2D eigenvalue weighted by molar-refractivity contribution is -0.120. The monoisotopic (exact) mass is 286 g/mol. The number of cyclic esters (lactones) is 1. The summed E-state index contributed by atoms with van der Waals surface area (Å²) in [5.41, 5.74) is 1.65. The fourth-order valence-corrected chi connectivity index (χ4v) is 1.96. The summed E-state index contributed by atoms with van der Waals surface area (Å²) >= 11 is 0. The van der Waals surface area contributed by atoms with Crippen molar-refractivity contribution >= 4 is 17.7 Å². The van der Waals surface area contributed by atoms with Crippen LogP contribution >= 0.6 is 0 Å². The molecule has 2 rings (SSSR count). The lowest BCUT2D eigenvalue weighted by atomic mass is 10.2. The smallest absolute Gasteiger partial charge is 0.414 e. The zero-order valence-corrected chi connectivity index (χ0v) is 12.0. The van der Waals surface area contributed by atoms with Gasteiger partial charge < -0.3 is 10.1 Å². The molecule has 0 unspecified atom stereocenters. The second kappa shape index (κ2) is 7.34. The van der Waals surface area contributed by atoms with Gasteiger partial charge in [0.1, 0.15) is 6.61 Å². The molecule has 2 amide bonds. The Hall–Kier alpha value is -2.48. The van der Waals surface area contributed by atoms with Crippen LogP contribution in [0.4, 0.5) is 10.5 Å². The van der Waals surface area contributed by atoms with E-state index in [-0.39, 0.29) is 12.0 Å². The van der Waals surface area contributed by atoms with Gasteiger partial charge in [0, 0.05) is 17.7 Å². The van der Waals surface area contributed by atoms with Crippen LogP contribution in [-0.4, -0.2) is 31.7 Å². The summed E-state index contributed by atoms with van der Waals surface area (Å²) in [4.78, 5) is 24.3. The molecule has 1 fully saturated rings. The van der Waals surface area contributed by atoms with E-state index in [0.717, 1.165) is 17.7 Å². The molecule has 1 N–H and O–H groups in total. The molecule has 0 bridgehead atoms. The van der Waals surface area contributed by atoms with E-state index in [2.05, 4.69) is 17.2 Å². The summed E-state index contributed by atoms with van der Waals surface area (Å²) in [6.45, 7) is 3.31. The Morgan fingerprint density at radius 3 is 2.76 bits per heavy atom. The van der Waals surface area contributed by atoms with Crippen molar-refractivity contribution in [3.8, 4) is 11.8 Å². The summed E-state index contributed by atoms with van der Waals surface area (Å²) < 4.78 is 4.89. The first-order valence-corrected chi connectivity index (χ1v) is 7.00. The van der Waals surface area contributed by atoms with E-state index in [0.29, 0.717) is 26.1 Å². The predicted molar refractivity (Wildman–Crippen MR) is 79.9 cm³/mol. The Balaban J connectivity index is 1.88. The van der Waals surface area contributed by atoms with Crippen molar-refractivity contribution in [3.05, 3.63) is 29.8 Å². The number of carbonyl (C=O) groups is 2. The molecule has 0 spiro atoms. The van der Waals surface area contributed by atoms with Crippen LogP contribution in [-0.2, 0) is 9.53 Å². The normalized spacial score (nSPS) is 13.4. The lowest BCUT2D eigenvalue weighted by Gasteiger charge is -2.11. The summed E-state index contributed by atoms with van der Waals surface area (Å²) in [5.74, 6) is 5.90. The first kappa shape index (κ1) is 14.9. The van der Waals surface area contributed by atoms with Crippen molar-refractivity contribution in [2.45, 2.75) is 19.8 Å². The van der Waals surface area contributed by atoms with Gasteiger partial charge in [-0.1, -0.05) is 18.8 Å². The third-order valence-corrected chi connectivity index (χ3v) is 3.02. The molecule has 0 saturated carbocycles. The van der Waals surface area contributed by atoms with Crippen LogP contribution in [0.1, 0.15) is 25.3 Å². The third-order valence-electron chi connectivity index (χ3n) is 3.02. The topological polar surface area (TPSA) is 58.6 Å². The fourth-order valence-electron chi connectivity index (χ4n) is 1.96. The molecule has 5 heteroatoms. The van der Waals surface area contributed by atoms with Gasteiger partial charge in [-0.2, -0.15) is 0 Å². The van der Waals surface area contributed by atoms with Gasteiger partial charge in [-0.15, -0.1) is 0 Å². The highest BCUT2D eigenvalue weighted by Crippen LogP contribution is 2.18. The number of nitrogens with zero attached hydrogens (tertiary/aromatic N) is 1. The van der Waals surface area contributed by atoms with Gasteiger partial charge in [0.2, 0.25) is 5.91 Å². The highest BCUT2D eigenvalue weighted by atomic mass is 16.6. The van der Waals surface area contributed by atoms with E-state index in [9.17, 15) is 9.59 Å². The third kappa shape index (κ3) is 4.25. The molecular formula is C16H18N2O3. The van der Waals surface area contributed by atoms with Crippen molar-refractivity contribution in [2.75, 3.05) is 24.6 Å². The molecule has 1 aromatic carbocycles. The van der Waals surface area contributed by atoms with Gasteiger partial charge in [0.25, 0.3) is 0 Å². The van der Waals surface area contributed by atoms with Gasteiger partial charge in [-0.05, 0) is 30.7 Å². The average molecular weight is 286 g/mol. The molecule has 5 nitrogen and oxygen atoms in total. The summed E-state index contributed by atoms with van der Waals surface area (Å²) in [5, 5.41) is 2.73. The molecule has 0 aliphatic carbocycles. The maximum absolute atomic E-state index is 11.4. The Morgan fingerprint density at radius 2 is 2.14 bits per heavy atom. The molecule has 110 valence electrons. The number of carbonyl (C=O) groups excluding carboxylic acids is 2. The minimum Gasteiger partial charge on any atom is -0.447 e. The van der Waals surface area contributed by atoms with Gasteiger partial charge >= 0.3 is 6.09 Å². The van der Waals surface area contributed by atoms with E-state index < -0.39 is 0 Å². The minimum absolute atomic E-state index is 0.0229. The van der Waals surface area contributed by atoms with Crippen LogP contribution in [0.5, 0.6) is 0 Å². The van der Waals surface area contributed by atoms with E-state index in [4.69, 9.17) is 4.74 Å². The van der Waals surface area contributed by atoms with Crippen LogP contribution in [0.25, 0.3) is 0 Å². The van der Waals surface area contributed by atoms with E-state index >= 15 is 0 Å². The minimum atomic E-state index is -0.313. The number of hydrogen-bond donors (Lipinski definition) is 1. The molecule has 1 aromatic rings. The maximum atomic E-state index is 11.4. The largest absolute Gasteiger partial charge is 0.447 e.